The molecule has 0 spiro atoms. The normalized spacial score (nSPS) is 53.5. The van der Waals surface area contributed by atoms with E-state index >= 15 is 0 Å². The molecule has 168 valence electrons. The Bertz CT molecular complexity index is 795. The van der Waals surface area contributed by atoms with Gasteiger partial charge in [0.05, 0.1) is 0 Å². The fourth-order valence-electron chi connectivity index (χ4n) is 10.00. The van der Waals surface area contributed by atoms with Crippen LogP contribution in [0.4, 0.5) is 0 Å². The van der Waals surface area contributed by atoms with Crippen molar-refractivity contribution >= 4 is 11.6 Å². The first-order valence-corrected chi connectivity index (χ1v) is 13.4. The van der Waals surface area contributed by atoms with Crippen molar-refractivity contribution in [2.75, 3.05) is 0 Å². The standard InChI is InChI=1S/C29H40O2/c1-3-4-7-21-16(2)28(30)26-14-19-11-20-15-27-25(13-18(20)10-17(19)12-24(21)26)22-8-5-6-9-23(22)29(27)31/h3-4,7,16-27H,1,5-6,8-15H2,2H3/b7-4-. The lowest BCUT2D eigenvalue weighted by atomic mass is 9.53. The van der Waals surface area contributed by atoms with Gasteiger partial charge in [-0.2, -0.15) is 0 Å². The van der Waals surface area contributed by atoms with Gasteiger partial charge >= 0.3 is 0 Å². The summed E-state index contributed by atoms with van der Waals surface area (Å²) in [5, 5.41) is 0. The third-order valence-corrected chi connectivity index (χ3v) is 11.3. The number of carbonyl (C=O) groups excluding carboxylic acids is 2. The van der Waals surface area contributed by atoms with Crippen LogP contribution >= 0.6 is 0 Å². The van der Waals surface area contributed by atoms with E-state index in [2.05, 4.69) is 25.7 Å². The number of hydrogen-bond acceptors (Lipinski definition) is 2. The summed E-state index contributed by atoms with van der Waals surface area (Å²) >= 11 is 0. The first-order valence-electron chi connectivity index (χ1n) is 13.4. The highest BCUT2D eigenvalue weighted by Crippen LogP contribution is 2.61. The molecule has 6 fully saturated rings. The summed E-state index contributed by atoms with van der Waals surface area (Å²) in [6, 6.07) is 0. The van der Waals surface area contributed by atoms with Crippen LogP contribution in [-0.4, -0.2) is 11.6 Å². The number of fused-ring (bicyclic) bond motifs is 6. The zero-order chi connectivity index (χ0) is 21.3. The van der Waals surface area contributed by atoms with Gasteiger partial charge in [0.2, 0.25) is 0 Å². The van der Waals surface area contributed by atoms with Gasteiger partial charge in [0.15, 0.2) is 0 Å². The van der Waals surface area contributed by atoms with Crippen molar-refractivity contribution < 1.29 is 9.59 Å². The van der Waals surface area contributed by atoms with Crippen LogP contribution < -0.4 is 0 Å². The predicted molar refractivity (Wildman–Crippen MR) is 123 cm³/mol. The number of ketones is 2. The summed E-state index contributed by atoms with van der Waals surface area (Å²) in [4.78, 5) is 26.3. The second-order valence-electron chi connectivity index (χ2n) is 12.3. The summed E-state index contributed by atoms with van der Waals surface area (Å²) in [5.74, 6) is 8.04. The number of rotatable bonds is 2. The predicted octanol–water partition coefficient (Wildman–Crippen LogP) is 6.26. The maximum atomic E-state index is 13.2. The number of Topliss-reactive ketones (excluding diaryl/α,β-unsaturated/α-hetero) is 2. The average molecular weight is 421 g/mol. The van der Waals surface area contributed by atoms with Crippen molar-refractivity contribution in [2.45, 2.75) is 71.1 Å². The van der Waals surface area contributed by atoms with Crippen molar-refractivity contribution in [1.29, 1.82) is 0 Å². The number of hydrogen-bond donors (Lipinski definition) is 0. The van der Waals surface area contributed by atoms with Crippen LogP contribution in [0.25, 0.3) is 0 Å². The van der Waals surface area contributed by atoms with Crippen molar-refractivity contribution in [3.05, 3.63) is 24.8 Å². The molecule has 6 rings (SSSR count). The first-order chi connectivity index (χ1) is 15.1. The lowest BCUT2D eigenvalue weighted by Crippen LogP contribution is -2.44. The molecule has 0 radical (unpaired) electrons. The van der Waals surface area contributed by atoms with E-state index in [1.807, 2.05) is 6.08 Å². The van der Waals surface area contributed by atoms with Crippen molar-refractivity contribution in [1.82, 2.24) is 0 Å². The molecule has 12 unspecified atom stereocenters. The van der Waals surface area contributed by atoms with E-state index < -0.39 is 0 Å². The average Bonchev–Trinajstić information content (AvgIpc) is 3.19. The molecule has 0 aromatic rings. The van der Waals surface area contributed by atoms with Gasteiger partial charge in [0, 0.05) is 23.7 Å². The van der Waals surface area contributed by atoms with Crippen LogP contribution in [0.2, 0.25) is 0 Å². The van der Waals surface area contributed by atoms with Crippen LogP contribution in [0.15, 0.2) is 24.8 Å². The molecule has 2 nitrogen and oxygen atoms in total. The fourth-order valence-corrected chi connectivity index (χ4v) is 10.00. The Morgan fingerprint density at radius 1 is 0.710 bits per heavy atom. The lowest BCUT2D eigenvalue weighted by Gasteiger charge is -2.51. The summed E-state index contributed by atoms with van der Waals surface area (Å²) in [6.07, 6.45) is 19.0. The minimum Gasteiger partial charge on any atom is -0.299 e. The summed E-state index contributed by atoms with van der Waals surface area (Å²) < 4.78 is 0. The van der Waals surface area contributed by atoms with Crippen LogP contribution in [0.1, 0.15) is 71.1 Å². The molecule has 6 aliphatic carbocycles. The van der Waals surface area contributed by atoms with Gasteiger partial charge in [-0.05, 0) is 98.7 Å². The van der Waals surface area contributed by atoms with E-state index in [9.17, 15) is 9.59 Å². The first kappa shape index (κ1) is 20.4. The zero-order valence-corrected chi connectivity index (χ0v) is 19.3. The molecule has 0 aromatic carbocycles. The summed E-state index contributed by atoms with van der Waals surface area (Å²) in [5.41, 5.74) is 0. The minimum absolute atomic E-state index is 0.175. The smallest absolute Gasteiger partial charge is 0.139 e. The monoisotopic (exact) mass is 420 g/mol. The molecule has 0 N–H and O–H groups in total. The lowest BCUT2D eigenvalue weighted by molar-refractivity contribution is -0.127. The van der Waals surface area contributed by atoms with Crippen LogP contribution in [-0.2, 0) is 9.59 Å². The highest BCUT2D eigenvalue weighted by molar-refractivity contribution is 5.87. The van der Waals surface area contributed by atoms with Crippen LogP contribution in [0.3, 0.4) is 0 Å². The van der Waals surface area contributed by atoms with Crippen molar-refractivity contribution in [3.63, 3.8) is 0 Å². The van der Waals surface area contributed by atoms with E-state index in [1.165, 1.54) is 57.8 Å². The van der Waals surface area contributed by atoms with Crippen LogP contribution in [0, 0.1) is 71.0 Å². The maximum Gasteiger partial charge on any atom is 0.139 e. The fraction of sp³-hybridized carbons (Fsp3) is 0.793. The number of allylic oxidation sites excluding steroid dienone is 3. The molecule has 0 amide bonds. The van der Waals surface area contributed by atoms with Crippen molar-refractivity contribution in [2.24, 2.45) is 71.0 Å². The molecule has 0 aromatic heterocycles. The Morgan fingerprint density at radius 2 is 1.32 bits per heavy atom. The molecule has 2 heteroatoms. The summed E-state index contributed by atoms with van der Waals surface area (Å²) in [7, 11) is 0. The van der Waals surface area contributed by atoms with Gasteiger partial charge in [-0.15, -0.1) is 0 Å². The minimum atomic E-state index is 0.175. The molecule has 12 atom stereocenters. The van der Waals surface area contributed by atoms with E-state index in [4.69, 9.17) is 0 Å². The Hall–Kier alpha value is -1.18. The van der Waals surface area contributed by atoms with Gasteiger partial charge in [-0.1, -0.05) is 44.6 Å². The molecular formula is C29H40O2. The van der Waals surface area contributed by atoms with Gasteiger partial charge in [0.1, 0.15) is 11.6 Å². The molecule has 0 saturated heterocycles. The quantitative estimate of drug-likeness (QED) is 0.494. The third-order valence-electron chi connectivity index (χ3n) is 11.3. The Balaban J connectivity index is 1.20. The molecule has 31 heavy (non-hydrogen) atoms. The Morgan fingerprint density at radius 3 is 2.03 bits per heavy atom. The van der Waals surface area contributed by atoms with Gasteiger partial charge < -0.3 is 0 Å². The summed E-state index contributed by atoms with van der Waals surface area (Å²) in [6.45, 7) is 6.01. The second-order valence-corrected chi connectivity index (χ2v) is 12.3. The Labute approximate surface area is 188 Å². The topological polar surface area (TPSA) is 34.1 Å². The highest BCUT2D eigenvalue weighted by Gasteiger charge is 2.57. The zero-order valence-electron chi connectivity index (χ0n) is 19.3. The van der Waals surface area contributed by atoms with Gasteiger partial charge in [-0.25, -0.2) is 0 Å². The number of carbonyl (C=O) groups is 2. The maximum absolute atomic E-state index is 13.2. The largest absolute Gasteiger partial charge is 0.299 e. The van der Waals surface area contributed by atoms with E-state index in [0.29, 0.717) is 47.1 Å². The second kappa shape index (κ2) is 7.70. The molecule has 0 bridgehead atoms. The van der Waals surface area contributed by atoms with Crippen molar-refractivity contribution in [3.8, 4) is 0 Å². The molecule has 6 saturated carbocycles. The third kappa shape index (κ3) is 3.10. The SMILES string of the molecule is C=C/C=C\C1C(C)C(=O)C2CC3CC4CC5C(=O)C6CCCCC6C5CC4CC3CC21. The molecular weight excluding hydrogens is 380 g/mol. The molecule has 6 aliphatic rings. The molecule has 0 heterocycles. The van der Waals surface area contributed by atoms with E-state index in [-0.39, 0.29) is 5.92 Å². The molecule has 0 aliphatic heterocycles. The Kier molecular flexibility index (Phi) is 5.07. The van der Waals surface area contributed by atoms with Crippen LogP contribution in [0.5, 0.6) is 0 Å². The van der Waals surface area contributed by atoms with E-state index in [0.717, 1.165) is 36.0 Å². The van der Waals surface area contributed by atoms with Gasteiger partial charge in [0.25, 0.3) is 0 Å². The van der Waals surface area contributed by atoms with Gasteiger partial charge in [-0.3, -0.25) is 9.59 Å². The van der Waals surface area contributed by atoms with E-state index in [1.54, 1.807) is 0 Å². The highest BCUT2D eigenvalue weighted by atomic mass is 16.1.